The number of rotatable bonds is 4. The summed E-state index contributed by atoms with van der Waals surface area (Å²) in [7, 11) is -1.62. The summed E-state index contributed by atoms with van der Waals surface area (Å²) in [5.74, 6) is -0.557. The number of piperazine rings is 1. The fourth-order valence-electron chi connectivity index (χ4n) is 4.76. The van der Waals surface area contributed by atoms with Gasteiger partial charge in [-0.25, -0.2) is 8.42 Å². The Balaban J connectivity index is 1.57. The summed E-state index contributed by atoms with van der Waals surface area (Å²) in [6.07, 6.45) is 3.54. The normalized spacial score (nSPS) is 26.8. The van der Waals surface area contributed by atoms with Crippen LogP contribution in [0, 0.1) is 18.8 Å². The topological polar surface area (TPSA) is 78.0 Å². The molecule has 2 atom stereocenters. The number of benzene rings is 1. The first-order valence-corrected chi connectivity index (χ1v) is 11.9. The number of carbonyl (C=O) groups is 2. The van der Waals surface area contributed by atoms with E-state index in [9.17, 15) is 18.0 Å². The molecule has 1 aliphatic carbocycles. The molecule has 3 fully saturated rings. The summed E-state index contributed by atoms with van der Waals surface area (Å²) in [5.41, 5.74) is 1.36. The summed E-state index contributed by atoms with van der Waals surface area (Å²) in [6.45, 7) is 4.28. The Labute approximate surface area is 172 Å². The minimum Gasteiger partial charge on any atom is -0.304 e. The molecule has 1 aromatic carbocycles. The zero-order chi connectivity index (χ0) is 20.8. The van der Waals surface area contributed by atoms with Gasteiger partial charge in [-0.15, -0.1) is 0 Å². The van der Waals surface area contributed by atoms with Gasteiger partial charge in [-0.3, -0.25) is 14.5 Å². The van der Waals surface area contributed by atoms with Crippen molar-refractivity contribution < 1.29 is 18.0 Å². The van der Waals surface area contributed by atoms with Gasteiger partial charge >= 0.3 is 0 Å². The maximum absolute atomic E-state index is 13.2. The van der Waals surface area contributed by atoms with Gasteiger partial charge in [-0.05, 0) is 44.0 Å². The van der Waals surface area contributed by atoms with E-state index in [-0.39, 0.29) is 35.1 Å². The first-order valence-electron chi connectivity index (χ1n) is 10.4. The highest BCUT2D eigenvalue weighted by atomic mass is 32.2. The van der Waals surface area contributed by atoms with E-state index < -0.39 is 10.0 Å². The van der Waals surface area contributed by atoms with E-state index in [0.29, 0.717) is 37.3 Å². The average Bonchev–Trinajstić information content (AvgIpc) is 2.95. The molecule has 1 aromatic rings. The molecule has 4 rings (SSSR count). The van der Waals surface area contributed by atoms with Gasteiger partial charge in [-0.2, -0.15) is 4.31 Å². The second-order valence-electron chi connectivity index (χ2n) is 8.57. The Kier molecular flexibility index (Phi) is 5.52. The molecular formula is C21H29N3O4S. The number of nitrogens with zero attached hydrogens (tertiary/aromatic N) is 3. The number of hydrogen-bond donors (Lipinski definition) is 0. The van der Waals surface area contributed by atoms with Crippen molar-refractivity contribution in [1.29, 1.82) is 0 Å². The summed E-state index contributed by atoms with van der Waals surface area (Å²) < 4.78 is 27.9. The predicted octanol–water partition coefficient (Wildman–Crippen LogP) is 1.61. The summed E-state index contributed by atoms with van der Waals surface area (Å²) in [6, 6.07) is 5.24. The van der Waals surface area contributed by atoms with Crippen LogP contribution in [0.2, 0.25) is 0 Å². The highest BCUT2D eigenvalue weighted by molar-refractivity contribution is 7.89. The number of likely N-dealkylation sites (N-methyl/N-ethyl adjacent to an activating group) is 1. The lowest BCUT2D eigenvalue weighted by Gasteiger charge is -2.32. The van der Waals surface area contributed by atoms with Gasteiger partial charge in [0.25, 0.3) is 0 Å². The third-order valence-electron chi connectivity index (χ3n) is 6.61. The second-order valence-corrected chi connectivity index (χ2v) is 10.5. The van der Waals surface area contributed by atoms with Gasteiger partial charge in [0.1, 0.15) is 0 Å². The van der Waals surface area contributed by atoms with E-state index >= 15 is 0 Å². The minimum atomic E-state index is -3.60. The van der Waals surface area contributed by atoms with E-state index in [1.807, 2.05) is 13.1 Å². The van der Waals surface area contributed by atoms with Gasteiger partial charge in [0.05, 0.1) is 23.3 Å². The second kappa shape index (κ2) is 7.81. The number of hydrogen-bond acceptors (Lipinski definition) is 5. The van der Waals surface area contributed by atoms with Crippen LogP contribution in [0.5, 0.6) is 0 Å². The van der Waals surface area contributed by atoms with Crippen LogP contribution in [0.25, 0.3) is 0 Å². The van der Waals surface area contributed by atoms with Crippen molar-refractivity contribution in [2.45, 2.75) is 44.0 Å². The molecule has 0 spiro atoms. The van der Waals surface area contributed by atoms with E-state index in [1.165, 1.54) is 9.21 Å². The van der Waals surface area contributed by atoms with E-state index in [0.717, 1.165) is 25.7 Å². The molecule has 0 unspecified atom stereocenters. The number of imide groups is 1. The molecule has 2 saturated heterocycles. The third-order valence-corrected chi connectivity index (χ3v) is 8.65. The number of sulfonamides is 1. The predicted molar refractivity (Wildman–Crippen MR) is 108 cm³/mol. The van der Waals surface area contributed by atoms with E-state index in [4.69, 9.17) is 0 Å². The molecule has 29 heavy (non-hydrogen) atoms. The number of carbonyl (C=O) groups excluding carboxylic acids is 2. The molecule has 0 N–H and O–H groups in total. The third kappa shape index (κ3) is 3.73. The molecule has 158 valence electrons. The highest BCUT2D eigenvalue weighted by Crippen LogP contribution is 2.38. The Hall–Kier alpha value is -1.77. The first kappa shape index (κ1) is 20.5. The van der Waals surface area contributed by atoms with Crippen LogP contribution in [0.3, 0.4) is 0 Å². The molecule has 2 amide bonds. The van der Waals surface area contributed by atoms with Crippen LogP contribution >= 0.6 is 0 Å². The van der Waals surface area contributed by atoms with Crippen LogP contribution in [-0.4, -0.2) is 67.6 Å². The SMILES string of the molecule is Cc1ccc(CN2C(=O)[C@@H]3CCCC[C@H]3C2=O)cc1S(=O)(=O)N1CCN(C)CC1. The van der Waals surface area contributed by atoms with Crippen LogP contribution in [-0.2, 0) is 26.2 Å². The Morgan fingerprint density at radius 3 is 2.14 bits per heavy atom. The molecule has 0 aromatic heterocycles. The van der Waals surface area contributed by atoms with Gasteiger partial charge in [0.2, 0.25) is 21.8 Å². The number of likely N-dealkylation sites (tertiary alicyclic amines) is 1. The Bertz CT molecular complexity index is 898. The van der Waals surface area contributed by atoms with Crippen molar-refractivity contribution in [2.24, 2.45) is 11.8 Å². The largest absolute Gasteiger partial charge is 0.304 e. The fourth-order valence-corrected chi connectivity index (χ4v) is 6.46. The highest BCUT2D eigenvalue weighted by Gasteiger charge is 2.48. The molecule has 0 radical (unpaired) electrons. The average molecular weight is 420 g/mol. The van der Waals surface area contributed by atoms with Gasteiger partial charge < -0.3 is 4.90 Å². The monoisotopic (exact) mass is 419 g/mol. The molecule has 7 nitrogen and oxygen atoms in total. The molecule has 2 heterocycles. The maximum Gasteiger partial charge on any atom is 0.243 e. The minimum absolute atomic E-state index is 0.0938. The Morgan fingerprint density at radius 2 is 1.55 bits per heavy atom. The maximum atomic E-state index is 13.2. The Morgan fingerprint density at radius 1 is 0.966 bits per heavy atom. The quantitative estimate of drug-likeness (QED) is 0.693. The smallest absolute Gasteiger partial charge is 0.243 e. The zero-order valence-corrected chi connectivity index (χ0v) is 18.0. The zero-order valence-electron chi connectivity index (χ0n) is 17.1. The molecule has 0 bridgehead atoms. The van der Waals surface area contributed by atoms with Gasteiger partial charge in [0.15, 0.2) is 0 Å². The lowest BCUT2D eigenvalue weighted by atomic mass is 9.81. The number of amides is 2. The number of fused-ring (bicyclic) bond motifs is 1. The number of aryl methyl sites for hydroxylation is 1. The lowest BCUT2D eigenvalue weighted by molar-refractivity contribution is -0.140. The molecule has 8 heteroatoms. The van der Waals surface area contributed by atoms with Gasteiger partial charge in [-0.1, -0.05) is 25.0 Å². The molecule has 2 aliphatic heterocycles. The molecular weight excluding hydrogens is 390 g/mol. The van der Waals surface area contributed by atoms with Crippen molar-refractivity contribution in [1.82, 2.24) is 14.1 Å². The van der Waals surface area contributed by atoms with Crippen LogP contribution in [0.1, 0.15) is 36.8 Å². The van der Waals surface area contributed by atoms with Crippen molar-refractivity contribution in [3.05, 3.63) is 29.3 Å². The van der Waals surface area contributed by atoms with Crippen LogP contribution < -0.4 is 0 Å². The van der Waals surface area contributed by atoms with E-state index in [1.54, 1.807) is 19.1 Å². The van der Waals surface area contributed by atoms with Crippen molar-refractivity contribution in [2.75, 3.05) is 33.2 Å². The first-order chi connectivity index (χ1) is 13.8. The van der Waals surface area contributed by atoms with Crippen LogP contribution in [0.15, 0.2) is 23.1 Å². The molecule has 1 saturated carbocycles. The van der Waals surface area contributed by atoms with E-state index in [2.05, 4.69) is 4.90 Å². The standard InChI is InChI=1S/C21H29N3O4S/c1-15-7-8-16(13-19(15)29(27,28)23-11-9-22(2)10-12-23)14-24-20(25)17-5-3-4-6-18(17)21(24)26/h7-8,13,17-18H,3-6,9-12,14H2,1-2H3/t17-,18-/m1/s1. The summed E-state index contributed by atoms with van der Waals surface area (Å²) in [4.78, 5) is 29.2. The lowest BCUT2D eigenvalue weighted by Crippen LogP contribution is -2.47. The fraction of sp³-hybridized carbons (Fsp3) is 0.619. The van der Waals surface area contributed by atoms with Crippen molar-refractivity contribution >= 4 is 21.8 Å². The van der Waals surface area contributed by atoms with Crippen molar-refractivity contribution in [3.63, 3.8) is 0 Å². The summed E-state index contributed by atoms with van der Waals surface area (Å²) >= 11 is 0. The van der Waals surface area contributed by atoms with Crippen LogP contribution in [0.4, 0.5) is 0 Å². The summed E-state index contributed by atoms with van der Waals surface area (Å²) in [5, 5.41) is 0. The van der Waals surface area contributed by atoms with Crippen molar-refractivity contribution in [3.8, 4) is 0 Å². The molecule has 3 aliphatic rings. The van der Waals surface area contributed by atoms with Gasteiger partial charge in [0, 0.05) is 26.2 Å².